The second-order valence-electron chi connectivity index (χ2n) is 5.08. The van der Waals surface area contributed by atoms with Crippen LogP contribution in [-0.4, -0.2) is 54.5 Å². The normalized spacial score (nSPS) is 28.1. The van der Waals surface area contributed by atoms with E-state index in [0.29, 0.717) is 12.5 Å². The Hall–Kier alpha value is -0.610. The number of nitrogens with two attached hydrogens (primary N) is 1. The molecule has 1 atom stereocenters. The van der Waals surface area contributed by atoms with Crippen molar-refractivity contribution in [3.8, 4) is 0 Å². The van der Waals surface area contributed by atoms with E-state index in [4.69, 9.17) is 5.73 Å². The third-order valence-electron chi connectivity index (χ3n) is 3.61. The zero-order chi connectivity index (χ0) is 11.4. The molecule has 0 saturated carbocycles. The summed E-state index contributed by atoms with van der Waals surface area (Å²) in [5.41, 5.74) is 5.91. The molecule has 2 rings (SSSR count). The fourth-order valence-corrected chi connectivity index (χ4v) is 2.67. The van der Waals surface area contributed by atoms with E-state index < -0.39 is 0 Å². The fraction of sp³-hybridized carbons (Fsp3) is 0.917. The molecule has 2 N–H and O–H groups in total. The van der Waals surface area contributed by atoms with Crippen LogP contribution in [0.5, 0.6) is 0 Å². The van der Waals surface area contributed by atoms with E-state index >= 15 is 0 Å². The molecule has 2 aliphatic heterocycles. The summed E-state index contributed by atoms with van der Waals surface area (Å²) in [6.45, 7) is 4.41. The largest absolute Gasteiger partial charge is 0.342 e. The van der Waals surface area contributed by atoms with Gasteiger partial charge < -0.3 is 10.6 Å². The van der Waals surface area contributed by atoms with Crippen LogP contribution in [0.1, 0.15) is 32.1 Å². The number of likely N-dealkylation sites (tertiary alicyclic amines) is 2. The molecule has 0 bridgehead atoms. The van der Waals surface area contributed by atoms with Gasteiger partial charge in [0.25, 0.3) is 0 Å². The van der Waals surface area contributed by atoms with Gasteiger partial charge in [0.2, 0.25) is 5.91 Å². The highest BCUT2D eigenvalue weighted by atomic mass is 16.2. The Kier molecular flexibility index (Phi) is 4.18. The lowest BCUT2D eigenvalue weighted by Crippen LogP contribution is -2.48. The van der Waals surface area contributed by atoms with Gasteiger partial charge in [0.15, 0.2) is 0 Å². The summed E-state index contributed by atoms with van der Waals surface area (Å²) < 4.78 is 0. The van der Waals surface area contributed by atoms with Gasteiger partial charge in [-0.05, 0) is 38.6 Å². The number of rotatable bonds is 2. The lowest BCUT2D eigenvalue weighted by Gasteiger charge is -2.33. The van der Waals surface area contributed by atoms with E-state index in [1.54, 1.807) is 0 Å². The standard InChI is InChI=1S/C12H23N3O/c13-11-5-4-6-14(9-11)10-12(16)15-7-2-1-3-8-15/h11H,1-10,13H2. The SMILES string of the molecule is NC1CCCN(CC(=O)N2CCCCC2)C1. The minimum absolute atomic E-state index is 0.267. The van der Waals surface area contributed by atoms with Crippen molar-refractivity contribution in [3.05, 3.63) is 0 Å². The van der Waals surface area contributed by atoms with Gasteiger partial charge in [0.1, 0.15) is 0 Å². The topological polar surface area (TPSA) is 49.6 Å². The van der Waals surface area contributed by atoms with Crippen LogP contribution in [0.2, 0.25) is 0 Å². The second-order valence-corrected chi connectivity index (χ2v) is 5.08. The fourth-order valence-electron chi connectivity index (χ4n) is 2.67. The van der Waals surface area contributed by atoms with Crippen molar-refractivity contribution in [2.24, 2.45) is 5.73 Å². The molecule has 0 aromatic carbocycles. The van der Waals surface area contributed by atoms with Crippen molar-refractivity contribution in [1.82, 2.24) is 9.80 Å². The van der Waals surface area contributed by atoms with E-state index in [-0.39, 0.29) is 6.04 Å². The predicted molar refractivity (Wildman–Crippen MR) is 64.1 cm³/mol. The number of hydrogen-bond acceptors (Lipinski definition) is 3. The highest BCUT2D eigenvalue weighted by molar-refractivity contribution is 5.78. The van der Waals surface area contributed by atoms with E-state index in [2.05, 4.69) is 4.90 Å². The Morgan fingerprint density at radius 1 is 1.12 bits per heavy atom. The minimum Gasteiger partial charge on any atom is -0.342 e. The molecule has 2 aliphatic rings. The van der Waals surface area contributed by atoms with Gasteiger partial charge in [-0.25, -0.2) is 0 Å². The highest BCUT2D eigenvalue weighted by Gasteiger charge is 2.22. The van der Waals surface area contributed by atoms with Crippen LogP contribution in [0.3, 0.4) is 0 Å². The number of piperidine rings is 2. The number of carbonyl (C=O) groups excluding carboxylic acids is 1. The first-order chi connectivity index (χ1) is 7.75. The molecular formula is C12H23N3O. The van der Waals surface area contributed by atoms with Crippen LogP contribution in [0.4, 0.5) is 0 Å². The Bertz CT molecular complexity index is 238. The van der Waals surface area contributed by atoms with Crippen LogP contribution in [0, 0.1) is 0 Å². The number of amides is 1. The van der Waals surface area contributed by atoms with Crippen LogP contribution < -0.4 is 5.73 Å². The second kappa shape index (κ2) is 5.64. The van der Waals surface area contributed by atoms with Crippen molar-refractivity contribution in [2.75, 3.05) is 32.7 Å². The first-order valence-corrected chi connectivity index (χ1v) is 6.51. The summed E-state index contributed by atoms with van der Waals surface area (Å²) in [6.07, 6.45) is 5.86. The molecule has 0 aromatic heterocycles. The molecule has 0 aromatic rings. The summed E-state index contributed by atoms with van der Waals surface area (Å²) in [4.78, 5) is 16.2. The Balaban J connectivity index is 1.77. The molecule has 92 valence electrons. The molecule has 4 nitrogen and oxygen atoms in total. The monoisotopic (exact) mass is 225 g/mol. The van der Waals surface area contributed by atoms with Crippen molar-refractivity contribution in [1.29, 1.82) is 0 Å². The van der Waals surface area contributed by atoms with Crippen molar-refractivity contribution >= 4 is 5.91 Å². The molecule has 0 aliphatic carbocycles. The lowest BCUT2D eigenvalue weighted by atomic mass is 10.1. The van der Waals surface area contributed by atoms with Gasteiger partial charge in [-0.1, -0.05) is 0 Å². The average molecular weight is 225 g/mol. The summed E-state index contributed by atoms with van der Waals surface area (Å²) in [5.74, 6) is 0.300. The van der Waals surface area contributed by atoms with Crippen LogP contribution >= 0.6 is 0 Å². The maximum atomic E-state index is 12.0. The van der Waals surface area contributed by atoms with Crippen LogP contribution in [0.15, 0.2) is 0 Å². The summed E-state index contributed by atoms with van der Waals surface area (Å²) >= 11 is 0. The van der Waals surface area contributed by atoms with Gasteiger partial charge in [0.05, 0.1) is 6.54 Å². The minimum atomic E-state index is 0.267. The zero-order valence-corrected chi connectivity index (χ0v) is 10.0. The maximum absolute atomic E-state index is 12.0. The molecule has 4 heteroatoms. The van der Waals surface area contributed by atoms with E-state index in [0.717, 1.165) is 39.0 Å². The molecule has 2 heterocycles. The van der Waals surface area contributed by atoms with Crippen molar-refractivity contribution in [2.45, 2.75) is 38.1 Å². The van der Waals surface area contributed by atoms with Crippen molar-refractivity contribution in [3.63, 3.8) is 0 Å². The van der Waals surface area contributed by atoms with Gasteiger partial charge in [-0.15, -0.1) is 0 Å². The third kappa shape index (κ3) is 3.19. The number of nitrogens with zero attached hydrogens (tertiary/aromatic N) is 2. The molecule has 16 heavy (non-hydrogen) atoms. The predicted octanol–water partition coefficient (Wildman–Crippen LogP) is 0.422. The first kappa shape index (κ1) is 11.9. The molecule has 0 radical (unpaired) electrons. The lowest BCUT2D eigenvalue weighted by molar-refractivity contribution is -0.133. The van der Waals surface area contributed by atoms with Gasteiger partial charge in [-0.2, -0.15) is 0 Å². The maximum Gasteiger partial charge on any atom is 0.236 e. The van der Waals surface area contributed by atoms with Gasteiger partial charge in [0, 0.05) is 25.7 Å². The number of carbonyl (C=O) groups is 1. The van der Waals surface area contributed by atoms with E-state index in [1.165, 1.54) is 19.3 Å². The highest BCUT2D eigenvalue weighted by Crippen LogP contribution is 2.11. The Morgan fingerprint density at radius 2 is 1.88 bits per heavy atom. The first-order valence-electron chi connectivity index (χ1n) is 6.51. The Labute approximate surface area is 97.8 Å². The molecule has 1 unspecified atom stereocenters. The van der Waals surface area contributed by atoms with E-state index in [1.807, 2.05) is 4.90 Å². The van der Waals surface area contributed by atoms with Gasteiger partial charge >= 0.3 is 0 Å². The molecule has 2 fully saturated rings. The van der Waals surface area contributed by atoms with Crippen LogP contribution in [0.25, 0.3) is 0 Å². The summed E-state index contributed by atoms with van der Waals surface area (Å²) in [7, 11) is 0. The molecular weight excluding hydrogens is 202 g/mol. The number of hydrogen-bond donors (Lipinski definition) is 1. The van der Waals surface area contributed by atoms with Crippen LogP contribution in [-0.2, 0) is 4.79 Å². The average Bonchev–Trinajstić information content (AvgIpc) is 2.30. The quantitative estimate of drug-likeness (QED) is 0.741. The molecule has 2 saturated heterocycles. The Morgan fingerprint density at radius 3 is 2.56 bits per heavy atom. The van der Waals surface area contributed by atoms with E-state index in [9.17, 15) is 4.79 Å². The smallest absolute Gasteiger partial charge is 0.236 e. The van der Waals surface area contributed by atoms with Gasteiger partial charge in [-0.3, -0.25) is 9.69 Å². The summed E-state index contributed by atoms with van der Waals surface area (Å²) in [5, 5.41) is 0. The molecule has 1 amide bonds. The molecule has 0 spiro atoms. The zero-order valence-electron chi connectivity index (χ0n) is 10.0. The summed E-state index contributed by atoms with van der Waals surface area (Å²) in [6, 6.07) is 0.267. The third-order valence-corrected chi connectivity index (χ3v) is 3.61. The van der Waals surface area contributed by atoms with Crippen molar-refractivity contribution < 1.29 is 4.79 Å².